The van der Waals surface area contributed by atoms with Crippen LogP contribution in [-0.4, -0.2) is 59.9 Å². The number of benzene rings is 2. The number of hydrogen-bond donors (Lipinski definition) is 1. The summed E-state index contributed by atoms with van der Waals surface area (Å²) in [4.78, 5) is 35.0. The first-order valence-corrected chi connectivity index (χ1v) is 11.2. The van der Waals surface area contributed by atoms with Crippen LogP contribution < -0.4 is 10.2 Å². The van der Waals surface area contributed by atoms with Gasteiger partial charge in [0.1, 0.15) is 0 Å². The fraction of sp³-hybridized carbons (Fsp3) is 0.208. The summed E-state index contributed by atoms with van der Waals surface area (Å²) in [5.41, 5.74) is 3.14. The Hall–Kier alpha value is -3.29. The van der Waals surface area contributed by atoms with E-state index in [0.29, 0.717) is 47.5 Å². The van der Waals surface area contributed by atoms with Crippen molar-refractivity contribution in [2.45, 2.75) is 0 Å². The molecule has 0 aliphatic carbocycles. The second-order valence-corrected chi connectivity index (χ2v) is 8.55. The summed E-state index contributed by atoms with van der Waals surface area (Å²) in [6.07, 6.45) is 3.49. The van der Waals surface area contributed by atoms with Crippen molar-refractivity contribution in [2.75, 3.05) is 43.4 Å². The van der Waals surface area contributed by atoms with Crippen LogP contribution >= 0.6 is 23.2 Å². The number of carbonyl (C=O) groups is 2. The minimum atomic E-state index is -0.246. The van der Waals surface area contributed by atoms with Crippen molar-refractivity contribution in [3.8, 4) is 0 Å². The number of halogens is 2. The molecule has 7 nitrogen and oxygen atoms in total. The van der Waals surface area contributed by atoms with Gasteiger partial charge in [0.05, 0.1) is 0 Å². The van der Waals surface area contributed by atoms with Gasteiger partial charge in [-0.25, -0.2) is 4.79 Å². The van der Waals surface area contributed by atoms with Crippen molar-refractivity contribution in [3.63, 3.8) is 0 Å². The van der Waals surface area contributed by atoms with E-state index in [1.54, 1.807) is 40.4 Å². The van der Waals surface area contributed by atoms with Crippen molar-refractivity contribution < 1.29 is 9.59 Å². The Bertz CT molecular complexity index is 1110. The zero-order valence-electron chi connectivity index (χ0n) is 18.0. The molecule has 0 unspecified atom stereocenters. The van der Waals surface area contributed by atoms with Crippen LogP contribution in [0.3, 0.4) is 0 Å². The van der Waals surface area contributed by atoms with Crippen LogP contribution in [0.1, 0.15) is 10.4 Å². The molecule has 0 spiro atoms. The van der Waals surface area contributed by atoms with Crippen molar-refractivity contribution >= 4 is 52.2 Å². The molecule has 1 aromatic heterocycles. The van der Waals surface area contributed by atoms with Gasteiger partial charge in [0.2, 0.25) is 0 Å². The van der Waals surface area contributed by atoms with Gasteiger partial charge in [-0.3, -0.25) is 9.78 Å². The van der Waals surface area contributed by atoms with E-state index in [1.165, 1.54) is 0 Å². The highest BCUT2D eigenvalue weighted by Gasteiger charge is 2.25. The van der Waals surface area contributed by atoms with Crippen LogP contribution in [0, 0.1) is 0 Å². The number of amides is 3. The van der Waals surface area contributed by atoms with Crippen molar-refractivity contribution in [1.29, 1.82) is 0 Å². The van der Waals surface area contributed by atoms with E-state index in [1.807, 2.05) is 48.3 Å². The van der Waals surface area contributed by atoms with E-state index >= 15 is 0 Å². The minimum Gasteiger partial charge on any atom is -0.345 e. The molecule has 170 valence electrons. The van der Waals surface area contributed by atoms with Gasteiger partial charge < -0.3 is 20.0 Å². The Morgan fingerprint density at radius 2 is 1.39 bits per heavy atom. The Kier molecular flexibility index (Phi) is 7.01. The fourth-order valence-electron chi connectivity index (χ4n) is 3.67. The highest BCUT2D eigenvalue weighted by Crippen LogP contribution is 2.24. The van der Waals surface area contributed by atoms with Gasteiger partial charge in [0.15, 0.2) is 0 Å². The maximum atomic E-state index is 12.9. The third-order valence-electron chi connectivity index (χ3n) is 5.52. The molecule has 1 N–H and O–H groups in total. The molecule has 4 rings (SSSR count). The fourth-order valence-corrected chi connectivity index (χ4v) is 4.19. The predicted octanol–water partition coefficient (Wildman–Crippen LogP) is 5.15. The Morgan fingerprint density at radius 1 is 0.848 bits per heavy atom. The van der Waals surface area contributed by atoms with Gasteiger partial charge in [-0.05, 0) is 54.6 Å². The van der Waals surface area contributed by atoms with Crippen molar-refractivity contribution in [3.05, 3.63) is 82.6 Å². The molecule has 9 heteroatoms. The standard InChI is InChI=1S/C24H23Cl2N5O2/c1-29(22-6-8-27-9-7-22)21-4-2-17(3-5-21)23(32)30-10-12-31(13-11-30)24(33)28-20-15-18(25)14-19(26)16-20/h2-9,14-16H,10-13H2,1H3,(H,28,33). The van der Waals surface area contributed by atoms with Crippen LogP contribution in [0.4, 0.5) is 21.9 Å². The minimum absolute atomic E-state index is 0.0465. The van der Waals surface area contributed by atoms with E-state index in [-0.39, 0.29) is 11.9 Å². The molecule has 0 atom stereocenters. The number of anilines is 3. The molecule has 2 heterocycles. The van der Waals surface area contributed by atoms with Gasteiger partial charge in [-0.2, -0.15) is 0 Å². The largest absolute Gasteiger partial charge is 0.345 e. The number of rotatable bonds is 4. The normalized spacial score (nSPS) is 13.5. The number of urea groups is 1. The molecule has 1 aliphatic rings. The Balaban J connectivity index is 1.33. The van der Waals surface area contributed by atoms with Crippen molar-refractivity contribution in [1.82, 2.24) is 14.8 Å². The lowest BCUT2D eigenvalue weighted by molar-refractivity contribution is 0.0671. The Labute approximate surface area is 202 Å². The van der Waals surface area contributed by atoms with Crippen LogP contribution in [0.2, 0.25) is 10.0 Å². The lowest BCUT2D eigenvalue weighted by Gasteiger charge is -2.34. The third-order valence-corrected chi connectivity index (χ3v) is 5.96. The lowest BCUT2D eigenvalue weighted by Crippen LogP contribution is -2.51. The first-order valence-electron chi connectivity index (χ1n) is 10.5. The van der Waals surface area contributed by atoms with Gasteiger partial charge in [-0.15, -0.1) is 0 Å². The van der Waals surface area contributed by atoms with Gasteiger partial charge in [0, 0.05) is 78.3 Å². The van der Waals surface area contributed by atoms with Crippen LogP contribution in [-0.2, 0) is 0 Å². The summed E-state index contributed by atoms with van der Waals surface area (Å²) in [5.74, 6) is -0.0465. The van der Waals surface area contributed by atoms with Crippen LogP contribution in [0.25, 0.3) is 0 Å². The molecule has 1 saturated heterocycles. The average molecular weight is 484 g/mol. The Morgan fingerprint density at radius 3 is 2.00 bits per heavy atom. The van der Waals surface area contributed by atoms with E-state index in [0.717, 1.165) is 11.4 Å². The number of aromatic nitrogens is 1. The zero-order valence-corrected chi connectivity index (χ0v) is 19.6. The van der Waals surface area contributed by atoms with Gasteiger partial charge >= 0.3 is 6.03 Å². The molecular formula is C24H23Cl2N5O2. The first kappa shape index (κ1) is 22.9. The third kappa shape index (κ3) is 5.56. The number of hydrogen-bond acceptors (Lipinski definition) is 4. The molecule has 33 heavy (non-hydrogen) atoms. The number of carbonyl (C=O) groups excluding carboxylic acids is 2. The summed E-state index contributed by atoms with van der Waals surface area (Å²) in [7, 11) is 1.97. The van der Waals surface area contributed by atoms with Crippen LogP contribution in [0.15, 0.2) is 67.0 Å². The second kappa shape index (κ2) is 10.1. The zero-order chi connectivity index (χ0) is 23.4. The molecule has 2 aromatic carbocycles. The quantitative estimate of drug-likeness (QED) is 0.557. The van der Waals surface area contributed by atoms with Crippen molar-refractivity contribution in [2.24, 2.45) is 0 Å². The van der Waals surface area contributed by atoms with E-state index < -0.39 is 0 Å². The molecule has 1 aliphatic heterocycles. The summed E-state index contributed by atoms with van der Waals surface area (Å²) >= 11 is 12.0. The maximum absolute atomic E-state index is 12.9. The highest BCUT2D eigenvalue weighted by molar-refractivity contribution is 6.35. The monoisotopic (exact) mass is 483 g/mol. The summed E-state index contributed by atoms with van der Waals surface area (Å²) < 4.78 is 0. The van der Waals surface area contributed by atoms with Crippen LogP contribution in [0.5, 0.6) is 0 Å². The topological polar surface area (TPSA) is 68.8 Å². The number of piperazine rings is 1. The smallest absolute Gasteiger partial charge is 0.321 e. The number of nitrogens with zero attached hydrogens (tertiary/aromatic N) is 4. The predicted molar refractivity (Wildman–Crippen MR) is 132 cm³/mol. The van der Waals surface area contributed by atoms with Gasteiger partial charge in [-0.1, -0.05) is 23.2 Å². The molecular weight excluding hydrogens is 461 g/mol. The average Bonchev–Trinajstić information content (AvgIpc) is 2.83. The maximum Gasteiger partial charge on any atom is 0.321 e. The SMILES string of the molecule is CN(c1ccncc1)c1ccc(C(=O)N2CCN(C(=O)Nc3cc(Cl)cc(Cl)c3)CC2)cc1. The van der Waals surface area contributed by atoms with Gasteiger partial charge in [0.25, 0.3) is 5.91 Å². The van der Waals surface area contributed by atoms with E-state index in [2.05, 4.69) is 10.3 Å². The first-order chi connectivity index (χ1) is 15.9. The number of nitrogens with one attached hydrogen (secondary N) is 1. The second-order valence-electron chi connectivity index (χ2n) is 7.68. The molecule has 0 bridgehead atoms. The van der Waals surface area contributed by atoms with E-state index in [9.17, 15) is 9.59 Å². The molecule has 0 saturated carbocycles. The molecule has 3 amide bonds. The summed E-state index contributed by atoms with van der Waals surface area (Å²) in [6, 6.07) is 16.0. The molecule has 3 aromatic rings. The lowest BCUT2D eigenvalue weighted by atomic mass is 10.1. The molecule has 0 radical (unpaired) electrons. The number of pyridine rings is 1. The summed E-state index contributed by atoms with van der Waals surface area (Å²) in [5, 5.41) is 3.71. The highest BCUT2D eigenvalue weighted by atomic mass is 35.5. The van der Waals surface area contributed by atoms with E-state index in [4.69, 9.17) is 23.2 Å². The summed E-state index contributed by atoms with van der Waals surface area (Å²) in [6.45, 7) is 1.80. The molecule has 1 fully saturated rings.